The second kappa shape index (κ2) is 6.35. The molecule has 0 radical (unpaired) electrons. The third kappa shape index (κ3) is 3.80. The number of aliphatic carboxylic acids is 1. The van der Waals surface area contributed by atoms with E-state index in [-0.39, 0.29) is 19.0 Å². The second-order valence-electron chi connectivity index (χ2n) is 4.22. The first kappa shape index (κ1) is 15.2. The van der Waals surface area contributed by atoms with Crippen LogP contribution in [-0.4, -0.2) is 43.3 Å². The minimum absolute atomic E-state index is 0.0237. The molecule has 0 spiro atoms. The lowest BCUT2D eigenvalue weighted by atomic mass is 10.0. The fourth-order valence-corrected chi connectivity index (χ4v) is 1.47. The van der Waals surface area contributed by atoms with E-state index in [0.717, 1.165) is 0 Å². The van der Waals surface area contributed by atoms with Crippen LogP contribution in [0.4, 0.5) is 0 Å². The van der Waals surface area contributed by atoms with Crippen molar-refractivity contribution in [2.45, 2.75) is 19.1 Å². The maximum atomic E-state index is 11.9. The Balaban J connectivity index is 2.78. The molecule has 0 saturated heterocycles. The van der Waals surface area contributed by atoms with Crippen LogP contribution in [0.25, 0.3) is 0 Å². The first-order valence-electron chi connectivity index (χ1n) is 5.55. The summed E-state index contributed by atoms with van der Waals surface area (Å²) in [5.74, 6) is -1.30. The number of carbonyl (C=O) groups is 2. The molecule has 1 unspecified atom stereocenters. The Bertz CT molecular complexity index is 455. The molecule has 19 heavy (non-hydrogen) atoms. The Hall–Kier alpha value is -1.86. The number of nitrogens with one attached hydrogen (secondary N) is 1. The number of ether oxygens (including phenoxy) is 2. The maximum Gasteiger partial charge on any atom is 0.331 e. The molecule has 1 aromatic rings. The Morgan fingerprint density at radius 3 is 2.58 bits per heavy atom. The van der Waals surface area contributed by atoms with E-state index in [0.29, 0.717) is 5.76 Å². The van der Waals surface area contributed by atoms with Gasteiger partial charge in [-0.25, -0.2) is 4.79 Å². The van der Waals surface area contributed by atoms with Crippen LogP contribution in [0.5, 0.6) is 0 Å². The molecule has 1 heterocycles. The van der Waals surface area contributed by atoms with Gasteiger partial charge in [-0.3, -0.25) is 4.79 Å². The predicted octanol–water partition coefficient (Wildman–Crippen LogP) is 0.646. The smallest absolute Gasteiger partial charge is 0.331 e. The summed E-state index contributed by atoms with van der Waals surface area (Å²) in [5, 5.41) is 11.5. The molecule has 0 bridgehead atoms. The molecular weight excluding hydrogens is 254 g/mol. The third-order valence-electron chi connectivity index (χ3n) is 2.47. The van der Waals surface area contributed by atoms with Gasteiger partial charge in [0.25, 0.3) is 5.91 Å². The van der Waals surface area contributed by atoms with Gasteiger partial charge in [-0.1, -0.05) is 0 Å². The molecule has 0 aliphatic carbocycles. The van der Waals surface area contributed by atoms with Crippen molar-refractivity contribution in [2.24, 2.45) is 0 Å². The summed E-state index contributed by atoms with van der Waals surface area (Å²) in [6, 6.07) is 3.05. The Labute approximate surface area is 110 Å². The van der Waals surface area contributed by atoms with Crippen LogP contribution in [0.15, 0.2) is 16.5 Å². The Morgan fingerprint density at radius 2 is 2.05 bits per heavy atom. The number of carboxylic acids is 1. The van der Waals surface area contributed by atoms with Crippen LogP contribution in [0, 0.1) is 0 Å². The minimum Gasteiger partial charge on any atom is -0.479 e. The number of furan rings is 1. The second-order valence-corrected chi connectivity index (χ2v) is 4.22. The van der Waals surface area contributed by atoms with Crippen LogP contribution in [0.2, 0.25) is 0 Å². The van der Waals surface area contributed by atoms with E-state index in [2.05, 4.69) is 5.32 Å². The lowest BCUT2D eigenvalue weighted by molar-refractivity contribution is -0.145. The van der Waals surface area contributed by atoms with Gasteiger partial charge in [-0.05, 0) is 19.1 Å². The number of hydrogen-bond acceptors (Lipinski definition) is 5. The van der Waals surface area contributed by atoms with Gasteiger partial charge in [-0.2, -0.15) is 0 Å². The first-order chi connectivity index (χ1) is 8.92. The van der Waals surface area contributed by atoms with Gasteiger partial charge in [0.2, 0.25) is 0 Å². The van der Waals surface area contributed by atoms with E-state index >= 15 is 0 Å². The number of carbonyl (C=O) groups excluding carboxylic acids is 1. The van der Waals surface area contributed by atoms with Crippen LogP contribution < -0.4 is 5.32 Å². The highest BCUT2D eigenvalue weighted by Gasteiger charge is 2.35. The van der Waals surface area contributed by atoms with Gasteiger partial charge in [0.15, 0.2) is 11.3 Å². The predicted molar refractivity (Wildman–Crippen MR) is 64.8 cm³/mol. The molecule has 0 aliphatic heterocycles. The van der Waals surface area contributed by atoms with Crippen molar-refractivity contribution in [3.8, 4) is 0 Å². The zero-order valence-electron chi connectivity index (χ0n) is 11.1. The Kier molecular flexibility index (Phi) is 5.08. The van der Waals surface area contributed by atoms with E-state index in [1.54, 1.807) is 6.07 Å². The summed E-state index contributed by atoms with van der Waals surface area (Å²) >= 11 is 0. The van der Waals surface area contributed by atoms with Crippen LogP contribution in [-0.2, 0) is 20.9 Å². The van der Waals surface area contributed by atoms with Crippen molar-refractivity contribution in [2.75, 3.05) is 20.8 Å². The molecule has 0 saturated carbocycles. The van der Waals surface area contributed by atoms with E-state index in [4.69, 9.17) is 19.0 Å². The van der Waals surface area contributed by atoms with Gasteiger partial charge in [-0.15, -0.1) is 0 Å². The van der Waals surface area contributed by atoms with Crippen molar-refractivity contribution in [1.82, 2.24) is 5.32 Å². The molecular formula is C12H17NO6. The first-order valence-corrected chi connectivity index (χ1v) is 5.55. The molecule has 1 rings (SSSR count). The summed E-state index contributed by atoms with van der Waals surface area (Å²) in [4.78, 5) is 23.0. The summed E-state index contributed by atoms with van der Waals surface area (Å²) in [5.41, 5.74) is -1.51. The zero-order valence-corrected chi connectivity index (χ0v) is 11.1. The molecule has 7 nitrogen and oxygen atoms in total. The van der Waals surface area contributed by atoms with Crippen molar-refractivity contribution in [3.05, 3.63) is 23.7 Å². The van der Waals surface area contributed by atoms with Crippen molar-refractivity contribution >= 4 is 11.9 Å². The van der Waals surface area contributed by atoms with Gasteiger partial charge in [0.1, 0.15) is 12.4 Å². The van der Waals surface area contributed by atoms with E-state index in [9.17, 15) is 9.59 Å². The standard InChI is InChI=1S/C12H17NO6/c1-12(7-18-3,11(15)16)13-10(14)9-5-4-8(19-9)6-17-2/h4-5H,6-7H2,1-3H3,(H,13,14)(H,15,16). The summed E-state index contributed by atoms with van der Waals surface area (Å²) in [6.45, 7) is 1.44. The number of hydrogen-bond donors (Lipinski definition) is 2. The van der Waals surface area contributed by atoms with E-state index in [1.807, 2.05) is 0 Å². The van der Waals surface area contributed by atoms with Crippen molar-refractivity contribution in [1.29, 1.82) is 0 Å². The number of amides is 1. The molecule has 106 valence electrons. The van der Waals surface area contributed by atoms with Crippen LogP contribution in [0.3, 0.4) is 0 Å². The topological polar surface area (TPSA) is 98.0 Å². The fraction of sp³-hybridized carbons (Fsp3) is 0.500. The lowest BCUT2D eigenvalue weighted by Crippen LogP contribution is -2.55. The SMILES string of the molecule is COCc1ccc(C(=O)NC(C)(COC)C(=O)O)o1. The lowest BCUT2D eigenvalue weighted by Gasteiger charge is -2.24. The van der Waals surface area contributed by atoms with Gasteiger partial charge in [0, 0.05) is 14.2 Å². The minimum atomic E-state index is -1.51. The molecule has 1 amide bonds. The number of rotatable bonds is 7. The van der Waals surface area contributed by atoms with E-state index in [1.165, 1.54) is 27.2 Å². The molecule has 1 aromatic heterocycles. The largest absolute Gasteiger partial charge is 0.479 e. The fourth-order valence-electron chi connectivity index (χ4n) is 1.47. The molecule has 1 atom stereocenters. The van der Waals surface area contributed by atoms with Crippen molar-refractivity contribution < 1.29 is 28.6 Å². The zero-order chi connectivity index (χ0) is 14.5. The summed E-state index contributed by atoms with van der Waals surface area (Å²) in [7, 11) is 2.86. The van der Waals surface area contributed by atoms with Gasteiger partial charge < -0.3 is 24.3 Å². The highest BCUT2D eigenvalue weighted by atomic mass is 16.5. The van der Waals surface area contributed by atoms with Crippen LogP contribution >= 0.6 is 0 Å². The Morgan fingerprint density at radius 1 is 1.37 bits per heavy atom. The molecule has 7 heteroatoms. The average Bonchev–Trinajstić information content (AvgIpc) is 2.78. The van der Waals surface area contributed by atoms with E-state index < -0.39 is 17.4 Å². The summed E-state index contributed by atoms with van der Waals surface area (Å²) < 4.78 is 14.9. The van der Waals surface area contributed by atoms with Gasteiger partial charge >= 0.3 is 5.97 Å². The monoisotopic (exact) mass is 271 g/mol. The molecule has 0 aromatic carbocycles. The summed E-state index contributed by atoms with van der Waals surface area (Å²) in [6.07, 6.45) is 0. The quantitative estimate of drug-likeness (QED) is 0.755. The highest BCUT2D eigenvalue weighted by molar-refractivity contribution is 5.95. The van der Waals surface area contributed by atoms with Gasteiger partial charge in [0.05, 0.1) is 6.61 Å². The molecule has 0 fully saturated rings. The van der Waals surface area contributed by atoms with Crippen LogP contribution in [0.1, 0.15) is 23.2 Å². The maximum absolute atomic E-state index is 11.9. The molecule has 2 N–H and O–H groups in total. The number of carboxylic acid groups (broad SMARTS) is 1. The average molecular weight is 271 g/mol. The normalized spacial score (nSPS) is 13.8. The highest BCUT2D eigenvalue weighted by Crippen LogP contribution is 2.12. The van der Waals surface area contributed by atoms with Crippen molar-refractivity contribution in [3.63, 3.8) is 0 Å². The third-order valence-corrected chi connectivity index (χ3v) is 2.47. The number of methoxy groups -OCH3 is 2. The molecule has 0 aliphatic rings.